The van der Waals surface area contributed by atoms with Crippen LogP contribution in [0.4, 0.5) is 29.5 Å². The van der Waals surface area contributed by atoms with Crippen molar-refractivity contribution in [3.8, 4) is 0 Å². The molecule has 6 unspecified atom stereocenters. The van der Waals surface area contributed by atoms with Crippen LogP contribution in [-0.2, 0) is 31.3 Å². The SMILES string of the molecule is C.C.CCCCOP(=O)(O)CCC1C(Cn2cnc3c(=O)[nH]c(N)nc32)C1(F)F.CCCCOP(=O)(O)CCC1C(Cn2cnc3c(C)nc(N)nc32)C1(F)F.[Li+].[OH-]. The van der Waals surface area contributed by atoms with Gasteiger partial charge in [-0.05, 0) is 32.6 Å². The fraction of sp³-hybridized carbons (Fsp3) is 0.697. The smallest absolute Gasteiger partial charge is 0.870 e. The van der Waals surface area contributed by atoms with Gasteiger partial charge in [0.25, 0.3) is 17.4 Å². The molecule has 4 heterocycles. The molecule has 6 rings (SSSR count). The van der Waals surface area contributed by atoms with Gasteiger partial charge in [0.15, 0.2) is 16.8 Å². The van der Waals surface area contributed by atoms with Crippen LogP contribution in [0.15, 0.2) is 17.4 Å². The molecule has 0 amide bonds. The van der Waals surface area contributed by atoms with Crippen molar-refractivity contribution in [2.75, 3.05) is 37.0 Å². The van der Waals surface area contributed by atoms with Crippen LogP contribution in [0.3, 0.4) is 0 Å². The summed E-state index contributed by atoms with van der Waals surface area (Å²) < 4.78 is 93.3. The zero-order chi connectivity index (χ0) is 39.6. The Labute approximate surface area is 345 Å². The number of alkyl halides is 4. The number of aromatic nitrogens is 8. The van der Waals surface area contributed by atoms with Crippen LogP contribution in [0.2, 0.25) is 0 Å². The number of nitrogens with one attached hydrogen (secondary N) is 1. The fourth-order valence-electron chi connectivity index (χ4n) is 6.41. The molecule has 324 valence electrons. The third kappa shape index (κ3) is 12.6. The number of aromatic amines is 1. The van der Waals surface area contributed by atoms with E-state index in [0.29, 0.717) is 29.7 Å². The normalized spacial score (nSPS) is 21.8. The summed E-state index contributed by atoms with van der Waals surface area (Å²) in [7, 11) is -7.70. The van der Waals surface area contributed by atoms with Crippen molar-refractivity contribution in [1.82, 2.24) is 39.0 Å². The van der Waals surface area contributed by atoms with Gasteiger partial charge >= 0.3 is 34.1 Å². The van der Waals surface area contributed by atoms with E-state index < -0.39 is 56.3 Å². The maximum atomic E-state index is 14.2. The summed E-state index contributed by atoms with van der Waals surface area (Å²) in [5.41, 5.74) is 12.3. The number of rotatable bonds is 18. The van der Waals surface area contributed by atoms with Crippen molar-refractivity contribution in [3.63, 3.8) is 0 Å². The summed E-state index contributed by atoms with van der Waals surface area (Å²) in [6.07, 6.45) is 4.86. The van der Waals surface area contributed by atoms with Gasteiger partial charge in [-0.1, -0.05) is 41.5 Å². The molecular formula is C33H55F4LiN10O8P2. The number of nitrogen functional groups attached to an aromatic ring is 2. The van der Waals surface area contributed by atoms with E-state index in [0.717, 1.165) is 12.8 Å². The third-order valence-corrected chi connectivity index (χ3v) is 12.5. The number of anilines is 2. The monoisotopic (exact) mass is 864 g/mol. The van der Waals surface area contributed by atoms with Gasteiger partial charge in [0.1, 0.15) is 5.52 Å². The van der Waals surface area contributed by atoms with Crippen LogP contribution in [0.1, 0.15) is 72.9 Å². The largest absolute Gasteiger partial charge is 1.00 e. The number of aryl methyl sites for hydroxylation is 1. The van der Waals surface area contributed by atoms with Crippen LogP contribution in [-0.4, -0.2) is 91.7 Å². The third-order valence-electron chi connectivity index (χ3n) is 9.69. The Morgan fingerprint density at radius 3 is 1.67 bits per heavy atom. The molecule has 25 heteroatoms. The van der Waals surface area contributed by atoms with Crippen molar-refractivity contribution in [2.24, 2.45) is 23.7 Å². The number of H-pyrrole nitrogens is 1. The quantitative estimate of drug-likeness (QED) is 0.0416. The van der Waals surface area contributed by atoms with E-state index in [9.17, 15) is 41.3 Å². The molecule has 8 N–H and O–H groups in total. The minimum absolute atomic E-state index is 0. The van der Waals surface area contributed by atoms with E-state index in [4.69, 9.17) is 20.5 Å². The average molecular weight is 865 g/mol. The van der Waals surface area contributed by atoms with Crippen molar-refractivity contribution in [2.45, 2.75) is 99.1 Å². The number of nitrogens with two attached hydrogens (primary N) is 2. The van der Waals surface area contributed by atoms with E-state index in [-0.39, 0.29) is 114 Å². The summed E-state index contributed by atoms with van der Waals surface area (Å²) >= 11 is 0. The zero-order valence-electron chi connectivity index (χ0n) is 31.5. The predicted octanol–water partition coefficient (Wildman–Crippen LogP) is 3.07. The number of nitrogens with zero attached hydrogens (tertiary/aromatic N) is 7. The zero-order valence-corrected chi connectivity index (χ0v) is 33.3. The van der Waals surface area contributed by atoms with Gasteiger partial charge in [-0.3, -0.25) is 18.9 Å². The molecule has 0 aliphatic heterocycles. The second kappa shape index (κ2) is 21.0. The first kappa shape index (κ1) is 53.1. The summed E-state index contributed by atoms with van der Waals surface area (Å²) in [6.45, 7) is 5.77. The Balaban J connectivity index is 0.000000543. The second-order valence-electron chi connectivity index (χ2n) is 13.7. The van der Waals surface area contributed by atoms with E-state index in [1.165, 1.54) is 21.8 Å². The Morgan fingerprint density at radius 1 is 0.793 bits per heavy atom. The van der Waals surface area contributed by atoms with Gasteiger partial charge in [0.2, 0.25) is 11.9 Å². The predicted molar refractivity (Wildman–Crippen MR) is 207 cm³/mol. The van der Waals surface area contributed by atoms with Crippen molar-refractivity contribution in [1.29, 1.82) is 0 Å². The first-order valence-electron chi connectivity index (χ1n) is 17.6. The summed E-state index contributed by atoms with van der Waals surface area (Å²) in [5.74, 6) is -9.91. The Bertz CT molecular complexity index is 2110. The molecule has 18 nitrogen and oxygen atoms in total. The molecule has 2 saturated carbocycles. The molecule has 0 aromatic carbocycles. The number of unbranched alkanes of at least 4 members (excludes halogenated alkanes) is 2. The van der Waals surface area contributed by atoms with E-state index in [1.54, 1.807) is 6.92 Å². The van der Waals surface area contributed by atoms with Crippen LogP contribution in [0.5, 0.6) is 0 Å². The van der Waals surface area contributed by atoms with Crippen molar-refractivity contribution >= 4 is 49.4 Å². The molecule has 58 heavy (non-hydrogen) atoms. The molecule has 0 radical (unpaired) electrons. The molecule has 0 saturated heterocycles. The minimum atomic E-state index is -3.87. The molecule has 4 aromatic heterocycles. The number of fused-ring (bicyclic) bond motifs is 2. The van der Waals surface area contributed by atoms with Crippen molar-refractivity contribution in [3.05, 3.63) is 28.7 Å². The maximum absolute atomic E-state index is 14.2. The first-order chi connectivity index (χ1) is 25.3. The van der Waals surface area contributed by atoms with Gasteiger partial charge < -0.3 is 44.9 Å². The Morgan fingerprint density at radius 2 is 1.22 bits per heavy atom. The topological polar surface area (TPSA) is 282 Å². The Kier molecular flexibility index (Phi) is 19.3. The molecule has 6 atom stereocenters. The fourth-order valence-corrected chi connectivity index (χ4v) is 8.71. The van der Waals surface area contributed by atoms with Gasteiger partial charge in [-0.2, -0.15) is 9.97 Å². The average Bonchev–Trinajstić information content (AvgIpc) is 3.50. The van der Waals surface area contributed by atoms with E-state index >= 15 is 0 Å². The van der Waals surface area contributed by atoms with Crippen molar-refractivity contribution < 1.29 is 69.9 Å². The molecule has 2 aliphatic rings. The molecule has 2 aliphatic carbocycles. The number of hydrogen-bond acceptors (Lipinski definition) is 13. The number of imidazole rings is 2. The maximum Gasteiger partial charge on any atom is 1.00 e. The van der Waals surface area contributed by atoms with Crippen LogP contribution < -0.4 is 35.9 Å². The minimum Gasteiger partial charge on any atom is -0.870 e. The van der Waals surface area contributed by atoms with Gasteiger partial charge in [0, 0.05) is 36.8 Å². The van der Waals surface area contributed by atoms with Gasteiger partial charge in [-0.15, -0.1) is 0 Å². The summed E-state index contributed by atoms with van der Waals surface area (Å²) in [4.78, 5) is 53.7. The Hall–Kier alpha value is -2.92. The molecule has 4 aromatic rings. The van der Waals surface area contributed by atoms with E-state index in [1.807, 2.05) is 13.8 Å². The molecule has 0 bridgehead atoms. The molecule has 0 spiro atoms. The standard InChI is InChI=1S/C16H24F2N5O3P.C15H22F2N5O4P.2CH4.Li.H2O/c1-3-4-6-26-27(24,25)7-5-11-12(16(11,17)18)8-23-9-20-13-10(2)21-15(19)22-14(13)23;1-2-3-5-26-27(24,25)6-4-9-10(15(9,16)17)7-22-8-19-11-12(22)20-14(18)21-13(11)23;;;;/h9,11-12H,3-8H2,1-2H3,(H,24,25)(H2,19,21,22);8-10H,2-7H2,1H3,(H,24,25)(H3,18,20,21,23);2*1H4;;1H2/q;;;;+1;/p-1. The summed E-state index contributed by atoms with van der Waals surface area (Å²) in [5, 5.41) is 0. The second-order valence-corrected chi connectivity index (χ2v) is 17.7. The van der Waals surface area contributed by atoms with Gasteiger partial charge in [0.05, 0.1) is 43.9 Å². The van der Waals surface area contributed by atoms with Crippen LogP contribution >= 0.6 is 15.2 Å². The number of halogens is 4. The molecule has 2 fully saturated rings. The first-order valence-corrected chi connectivity index (χ1v) is 21.2. The number of hydrogen-bond donors (Lipinski definition) is 5. The van der Waals surface area contributed by atoms with E-state index in [2.05, 4.69) is 29.9 Å². The van der Waals surface area contributed by atoms with Gasteiger partial charge in [-0.25, -0.2) is 32.5 Å². The summed E-state index contributed by atoms with van der Waals surface area (Å²) in [6, 6.07) is 0. The van der Waals surface area contributed by atoms with Crippen LogP contribution in [0.25, 0.3) is 22.3 Å². The van der Waals surface area contributed by atoms with Crippen LogP contribution in [0, 0.1) is 30.6 Å². The molecular weight excluding hydrogens is 809 g/mol.